The van der Waals surface area contributed by atoms with Crippen LogP contribution >= 0.6 is 11.6 Å². The molecule has 0 fully saturated rings. The molecule has 2 heterocycles. The van der Waals surface area contributed by atoms with Crippen LogP contribution in [-0.2, 0) is 0 Å². The SMILES string of the molecule is CCOc1cc(-c2cc(=O)n3ncc(C#N)c3[nH]2)ccc1Cl. The first-order valence-corrected chi connectivity index (χ1v) is 6.95. The summed E-state index contributed by atoms with van der Waals surface area (Å²) in [6.45, 7) is 2.35. The second-order valence-electron chi connectivity index (χ2n) is 4.53. The molecule has 0 unspecified atom stereocenters. The minimum atomic E-state index is -0.321. The number of halogens is 1. The van der Waals surface area contributed by atoms with Gasteiger partial charge in [-0.3, -0.25) is 4.79 Å². The summed E-state index contributed by atoms with van der Waals surface area (Å²) in [6.07, 6.45) is 1.35. The predicted molar refractivity (Wildman–Crippen MR) is 82.1 cm³/mol. The number of nitrogens with one attached hydrogen (secondary N) is 1. The van der Waals surface area contributed by atoms with Crippen LogP contribution in [-0.4, -0.2) is 21.2 Å². The second-order valence-corrected chi connectivity index (χ2v) is 4.94. The number of ether oxygens (including phenoxy) is 1. The van der Waals surface area contributed by atoms with Crippen LogP contribution in [0.1, 0.15) is 12.5 Å². The van der Waals surface area contributed by atoms with E-state index in [1.54, 1.807) is 18.2 Å². The van der Waals surface area contributed by atoms with Crippen molar-refractivity contribution in [2.75, 3.05) is 6.61 Å². The highest BCUT2D eigenvalue weighted by molar-refractivity contribution is 6.32. The maximum atomic E-state index is 12.1. The van der Waals surface area contributed by atoms with Crippen molar-refractivity contribution in [1.29, 1.82) is 5.26 Å². The molecule has 0 aliphatic heterocycles. The molecular weight excluding hydrogens is 304 g/mol. The highest BCUT2D eigenvalue weighted by Gasteiger charge is 2.11. The van der Waals surface area contributed by atoms with Crippen LogP contribution in [0.5, 0.6) is 5.75 Å². The molecule has 0 aliphatic carbocycles. The van der Waals surface area contributed by atoms with Gasteiger partial charge < -0.3 is 9.72 Å². The van der Waals surface area contributed by atoms with Crippen molar-refractivity contribution in [3.63, 3.8) is 0 Å². The molecule has 3 rings (SSSR count). The molecule has 0 aliphatic rings. The summed E-state index contributed by atoms with van der Waals surface area (Å²) in [5.74, 6) is 0.538. The number of aromatic nitrogens is 3. The van der Waals surface area contributed by atoms with Gasteiger partial charge in [0.1, 0.15) is 17.4 Å². The van der Waals surface area contributed by atoms with E-state index in [-0.39, 0.29) is 5.56 Å². The van der Waals surface area contributed by atoms with Crippen molar-refractivity contribution in [1.82, 2.24) is 14.6 Å². The normalized spacial score (nSPS) is 10.6. The predicted octanol–water partition coefficient (Wildman–Crippen LogP) is 2.61. The average molecular weight is 315 g/mol. The molecule has 0 spiro atoms. The first-order chi connectivity index (χ1) is 10.6. The lowest BCUT2D eigenvalue weighted by atomic mass is 10.1. The third kappa shape index (κ3) is 2.32. The molecule has 3 aromatic rings. The van der Waals surface area contributed by atoms with Gasteiger partial charge in [0.25, 0.3) is 5.56 Å². The zero-order valence-corrected chi connectivity index (χ0v) is 12.4. The molecule has 7 heteroatoms. The Morgan fingerprint density at radius 2 is 2.27 bits per heavy atom. The molecule has 1 aromatic carbocycles. The first-order valence-electron chi connectivity index (χ1n) is 6.58. The topological polar surface area (TPSA) is 83.2 Å². The summed E-state index contributed by atoms with van der Waals surface area (Å²) >= 11 is 6.06. The van der Waals surface area contributed by atoms with E-state index >= 15 is 0 Å². The maximum absolute atomic E-state index is 12.1. The zero-order valence-electron chi connectivity index (χ0n) is 11.6. The fraction of sp³-hybridized carbons (Fsp3) is 0.133. The molecule has 0 bridgehead atoms. The summed E-state index contributed by atoms with van der Waals surface area (Å²) in [5, 5.41) is 13.5. The number of rotatable bonds is 3. The smallest absolute Gasteiger partial charge is 0.274 e. The van der Waals surface area contributed by atoms with Crippen LogP contribution in [0.4, 0.5) is 0 Å². The highest BCUT2D eigenvalue weighted by Crippen LogP contribution is 2.29. The van der Waals surface area contributed by atoms with Crippen LogP contribution in [0.25, 0.3) is 16.9 Å². The Balaban J connectivity index is 2.20. The number of nitrogens with zero attached hydrogens (tertiary/aromatic N) is 3. The van der Waals surface area contributed by atoms with Crippen LogP contribution in [0.15, 0.2) is 35.3 Å². The van der Waals surface area contributed by atoms with Gasteiger partial charge in [-0.15, -0.1) is 0 Å². The molecule has 0 amide bonds. The van der Waals surface area contributed by atoms with E-state index in [1.165, 1.54) is 12.3 Å². The van der Waals surface area contributed by atoms with Gasteiger partial charge in [0.2, 0.25) is 0 Å². The zero-order chi connectivity index (χ0) is 15.7. The third-order valence-corrected chi connectivity index (χ3v) is 3.47. The van der Waals surface area contributed by atoms with Crippen molar-refractivity contribution in [2.45, 2.75) is 6.92 Å². The maximum Gasteiger partial charge on any atom is 0.274 e. The number of aromatic amines is 1. The minimum Gasteiger partial charge on any atom is -0.492 e. The van der Waals surface area contributed by atoms with Gasteiger partial charge in [-0.1, -0.05) is 17.7 Å². The van der Waals surface area contributed by atoms with Crippen LogP contribution in [0.2, 0.25) is 5.02 Å². The Morgan fingerprint density at radius 1 is 1.45 bits per heavy atom. The van der Waals surface area contributed by atoms with Gasteiger partial charge in [-0.25, -0.2) is 0 Å². The quantitative estimate of drug-likeness (QED) is 0.805. The summed E-state index contributed by atoms with van der Waals surface area (Å²) < 4.78 is 6.61. The van der Waals surface area contributed by atoms with Gasteiger partial charge in [0, 0.05) is 11.6 Å². The number of nitriles is 1. The Hall–Kier alpha value is -2.78. The van der Waals surface area contributed by atoms with E-state index < -0.39 is 0 Å². The molecular formula is C15H11ClN4O2. The molecule has 22 heavy (non-hydrogen) atoms. The van der Waals surface area contributed by atoms with Gasteiger partial charge in [0.15, 0.2) is 5.65 Å². The average Bonchev–Trinajstić information content (AvgIpc) is 2.93. The van der Waals surface area contributed by atoms with E-state index in [1.807, 2.05) is 13.0 Å². The number of H-pyrrole nitrogens is 1. The number of benzene rings is 1. The molecule has 0 saturated carbocycles. The van der Waals surface area contributed by atoms with Gasteiger partial charge in [0.05, 0.1) is 23.5 Å². The van der Waals surface area contributed by atoms with Crippen LogP contribution in [0.3, 0.4) is 0 Å². The Bertz CT molecular complexity index is 952. The van der Waals surface area contributed by atoms with Gasteiger partial charge >= 0.3 is 0 Å². The summed E-state index contributed by atoms with van der Waals surface area (Å²) in [5.41, 5.74) is 1.64. The van der Waals surface area contributed by atoms with E-state index in [4.69, 9.17) is 21.6 Å². The lowest BCUT2D eigenvalue weighted by Gasteiger charge is -2.09. The minimum absolute atomic E-state index is 0.304. The lowest BCUT2D eigenvalue weighted by molar-refractivity contribution is 0.340. The fourth-order valence-corrected chi connectivity index (χ4v) is 2.33. The van der Waals surface area contributed by atoms with E-state index in [2.05, 4.69) is 10.1 Å². The Kier molecular flexibility index (Phi) is 3.57. The monoisotopic (exact) mass is 314 g/mol. The summed E-state index contributed by atoms with van der Waals surface area (Å²) in [4.78, 5) is 15.1. The Morgan fingerprint density at radius 3 is 3.00 bits per heavy atom. The second kappa shape index (κ2) is 5.54. The van der Waals surface area contributed by atoms with Crippen molar-refractivity contribution >= 4 is 17.2 Å². The van der Waals surface area contributed by atoms with Crippen molar-refractivity contribution in [3.8, 4) is 23.1 Å². The van der Waals surface area contributed by atoms with Crippen LogP contribution in [0, 0.1) is 11.3 Å². The van der Waals surface area contributed by atoms with E-state index in [0.717, 1.165) is 10.1 Å². The van der Waals surface area contributed by atoms with Gasteiger partial charge in [-0.2, -0.15) is 14.9 Å². The number of hydrogen-bond donors (Lipinski definition) is 1. The molecule has 6 nitrogen and oxygen atoms in total. The van der Waals surface area contributed by atoms with Crippen molar-refractivity contribution < 1.29 is 4.74 Å². The standard InChI is InChI=1S/C15H11ClN4O2/c1-2-22-13-5-9(3-4-11(13)16)12-6-14(21)20-15(19-12)10(7-17)8-18-20/h3-6,8,19H,2H2,1H3. The van der Waals surface area contributed by atoms with Gasteiger partial charge in [-0.05, 0) is 19.1 Å². The Labute approximate surface area is 130 Å². The highest BCUT2D eigenvalue weighted by atomic mass is 35.5. The summed E-state index contributed by atoms with van der Waals surface area (Å²) in [7, 11) is 0. The van der Waals surface area contributed by atoms with E-state index in [9.17, 15) is 4.79 Å². The van der Waals surface area contributed by atoms with Crippen molar-refractivity contribution in [3.05, 3.63) is 51.4 Å². The third-order valence-electron chi connectivity index (χ3n) is 3.16. The number of hydrogen-bond acceptors (Lipinski definition) is 4. The molecule has 1 N–H and O–H groups in total. The lowest BCUT2D eigenvalue weighted by Crippen LogP contribution is -2.14. The molecule has 0 radical (unpaired) electrons. The molecule has 110 valence electrons. The largest absolute Gasteiger partial charge is 0.492 e. The molecule has 0 atom stereocenters. The fourth-order valence-electron chi connectivity index (χ4n) is 2.16. The molecule has 2 aromatic heterocycles. The molecule has 0 saturated heterocycles. The summed E-state index contributed by atoms with van der Waals surface area (Å²) in [6, 6.07) is 8.63. The van der Waals surface area contributed by atoms with E-state index in [0.29, 0.717) is 34.3 Å². The van der Waals surface area contributed by atoms with Crippen LogP contribution < -0.4 is 10.3 Å². The van der Waals surface area contributed by atoms with Crippen molar-refractivity contribution in [2.24, 2.45) is 0 Å². The number of fused-ring (bicyclic) bond motifs is 1. The first kappa shape index (κ1) is 14.2.